The highest BCUT2D eigenvalue weighted by Crippen LogP contribution is 2.39. The first-order valence-electron chi connectivity index (χ1n) is 14.5. The molecule has 0 bridgehead atoms. The molecule has 0 radical (unpaired) electrons. The van der Waals surface area contributed by atoms with Crippen molar-refractivity contribution in [2.75, 3.05) is 46.4 Å². The van der Waals surface area contributed by atoms with Crippen LogP contribution in [-0.4, -0.2) is 61.3 Å². The van der Waals surface area contributed by atoms with E-state index in [1.807, 2.05) is 19.9 Å². The van der Waals surface area contributed by atoms with Crippen molar-refractivity contribution < 1.29 is 13.9 Å². The topological polar surface area (TPSA) is 72.7 Å². The van der Waals surface area contributed by atoms with Crippen LogP contribution in [0.5, 0.6) is 11.5 Å². The zero-order valence-corrected chi connectivity index (χ0v) is 23.5. The van der Waals surface area contributed by atoms with E-state index in [0.29, 0.717) is 12.5 Å². The number of pyridine rings is 2. The molecule has 1 aromatic carbocycles. The second-order valence-electron chi connectivity index (χ2n) is 11.2. The smallest absolute Gasteiger partial charge is 0.163 e. The molecule has 39 heavy (non-hydrogen) atoms. The van der Waals surface area contributed by atoms with Crippen LogP contribution in [0.15, 0.2) is 34.7 Å². The first-order chi connectivity index (χ1) is 19.1. The molecule has 0 unspecified atom stereocenters. The van der Waals surface area contributed by atoms with Crippen LogP contribution >= 0.6 is 0 Å². The minimum absolute atomic E-state index is 0.650. The first-order valence-corrected chi connectivity index (χ1v) is 14.5. The molecular formula is C32H40N4O3. The average molecular weight is 529 g/mol. The fraction of sp³-hybridized carbons (Fsp3) is 0.500. The van der Waals surface area contributed by atoms with Gasteiger partial charge in [0.15, 0.2) is 11.5 Å². The van der Waals surface area contributed by atoms with Gasteiger partial charge in [-0.25, -0.2) is 4.98 Å². The average Bonchev–Trinajstić information content (AvgIpc) is 3.59. The number of furan rings is 1. The summed E-state index contributed by atoms with van der Waals surface area (Å²) in [6.45, 7) is 10.3. The van der Waals surface area contributed by atoms with Gasteiger partial charge >= 0.3 is 0 Å². The Balaban J connectivity index is 1.39. The molecule has 0 amide bonds. The Kier molecular flexibility index (Phi) is 7.71. The summed E-state index contributed by atoms with van der Waals surface area (Å²) in [6.07, 6.45) is 7.00. The predicted molar refractivity (Wildman–Crippen MR) is 156 cm³/mol. The van der Waals surface area contributed by atoms with E-state index < -0.39 is 0 Å². The predicted octanol–water partition coefficient (Wildman–Crippen LogP) is 6.08. The van der Waals surface area contributed by atoms with Crippen molar-refractivity contribution in [1.29, 1.82) is 0 Å². The number of likely N-dealkylation sites (tertiary alicyclic amines) is 1. The summed E-state index contributed by atoms with van der Waals surface area (Å²) < 4.78 is 18.0. The Labute approximate surface area is 230 Å². The highest BCUT2D eigenvalue weighted by atomic mass is 16.5. The van der Waals surface area contributed by atoms with Crippen LogP contribution in [0, 0.1) is 19.8 Å². The molecule has 7 nitrogen and oxygen atoms in total. The van der Waals surface area contributed by atoms with Crippen molar-refractivity contribution in [3.8, 4) is 22.8 Å². The van der Waals surface area contributed by atoms with E-state index in [1.165, 1.54) is 38.8 Å². The highest BCUT2D eigenvalue weighted by Gasteiger charge is 2.20. The van der Waals surface area contributed by atoms with Crippen LogP contribution in [0.1, 0.15) is 49.3 Å². The fourth-order valence-corrected chi connectivity index (χ4v) is 6.22. The van der Waals surface area contributed by atoms with Crippen molar-refractivity contribution in [3.05, 3.63) is 47.5 Å². The molecule has 2 fully saturated rings. The summed E-state index contributed by atoms with van der Waals surface area (Å²) in [4.78, 5) is 12.9. The number of rotatable bonds is 9. The molecule has 2 saturated heterocycles. The molecule has 7 heteroatoms. The molecule has 0 atom stereocenters. The van der Waals surface area contributed by atoms with Crippen molar-refractivity contribution >= 4 is 21.8 Å². The normalized spacial score (nSPS) is 16.9. The molecule has 1 N–H and O–H groups in total. The number of hydrogen-bond acceptors (Lipinski definition) is 7. The minimum Gasteiger partial charge on any atom is -0.493 e. The number of fused-ring (bicyclic) bond motifs is 3. The lowest BCUT2D eigenvalue weighted by Crippen LogP contribution is -2.28. The summed E-state index contributed by atoms with van der Waals surface area (Å²) in [5.74, 6) is 3.87. The van der Waals surface area contributed by atoms with Gasteiger partial charge in [0.1, 0.15) is 11.5 Å². The van der Waals surface area contributed by atoms with E-state index in [-0.39, 0.29) is 0 Å². The van der Waals surface area contributed by atoms with Crippen LogP contribution in [0.4, 0.5) is 0 Å². The summed E-state index contributed by atoms with van der Waals surface area (Å²) in [5, 5.41) is 5.49. The molecule has 0 aliphatic carbocycles. The third-order valence-corrected chi connectivity index (χ3v) is 8.30. The van der Waals surface area contributed by atoms with Gasteiger partial charge in [-0.05, 0) is 109 Å². The summed E-state index contributed by atoms with van der Waals surface area (Å²) >= 11 is 0. The Morgan fingerprint density at radius 1 is 1.00 bits per heavy atom. The van der Waals surface area contributed by atoms with E-state index in [9.17, 15) is 0 Å². The van der Waals surface area contributed by atoms with E-state index in [1.54, 1.807) is 7.11 Å². The third kappa shape index (κ3) is 5.61. The Bertz CT molecular complexity index is 1450. The number of methoxy groups -OCH3 is 1. The maximum absolute atomic E-state index is 6.27. The number of ether oxygens (including phenoxy) is 2. The summed E-state index contributed by atoms with van der Waals surface area (Å²) in [5.41, 5.74) is 4.86. The van der Waals surface area contributed by atoms with E-state index in [0.717, 1.165) is 94.3 Å². The highest BCUT2D eigenvalue weighted by molar-refractivity contribution is 6.09. The van der Waals surface area contributed by atoms with Gasteiger partial charge in [-0.1, -0.05) is 0 Å². The van der Waals surface area contributed by atoms with Gasteiger partial charge in [0.25, 0.3) is 0 Å². The number of aromatic nitrogens is 2. The Morgan fingerprint density at radius 2 is 1.82 bits per heavy atom. The van der Waals surface area contributed by atoms with E-state index in [2.05, 4.69) is 34.5 Å². The number of piperidine rings is 1. The number of nitrogens with one attached hydrogen (secondary N) is 1. The van der Waals surface area contributed by atoms with Crippen molar-refractivity contribution in [2.24, 2.45) is 5.92 Å². The summed E-state index contributed by atoms with van der Waals surface area (Å²) in [6, 6.07) is 10.5. The molecule has 0 spiro atoms. The lowest BCUT2D eigenvalue weighted by atomic mass is 9.92. The second kappa shape index (κ2) is 11.5. The SMILES string of the molecule is COc1cc2c(cc1OCCCN1CCCC1)nc(-c1cc(C)oc1C)c1ccc(CC3CCNCC3)nc12. The van der Waals surface area contributed by atoms with Gasteiger partial charge in [0.2, 0.25) is 0 Å². The second-order valence-corrected chi connectivity index (χ2v) is 11.2. The van der Waals surface area contributed by atoms with Gasteiger partial charge in [-0.15, -0.1) is 0 Å². The van der Waals surface area contributed by atoms with Crippen molar-refractivity contribution in [1.82, 2.24) is 20.2 Å². The van der Waals surface area contributed by atoms with Gasteiger partial charge in [0, 0.05) is 34.6 Å². The number of aryl methyl sites for hydroxylation is 2. The fourth-order valence-electron chi connectivity index (χ4n) is 6.22. The van der Waals surface area contributed by atoms with Gasteiger partial charge in [-0.2, -0.15) is 0 Å². The molecule has 3 aromatic heterocycles. The van der Waals surface area contributed by atoms with E-state index in [4.69, 9.17) is 23.9 Å². The van der Waals surface area contributed by atoms with Crippen LogP contribution in [-0.2, 0) is 6.42 Å². The molecular weight excluding hydrogens is 488 g/mol. The van der Waals surface area contributed by atoms with Gasteiger partial charge < -0.3 is 24.1 Å². The van der Waals surface area contributed by atoms with E-state index >= 15 is 0 Å². The van der Waals surface area contributed by atoms with Gasteiger partial charge in [-0.3, -0.25) is 4.98 Å². The quantitative estimate of drug-likeness (QED) is 0.209. The molecule has 206 valence electrons. The maximum Gasteiger partial charge on any atom is 0.163 e. The number of benzene rings is 1. The van der Waals surface area contributed by atoms with Crippen LogP contribution < -0.4 is 14.8 Å². The lowest BCUT2D eigenvalue weighted by Gasteiger charge is -2.22. The van der Waals surface area contributed by atoms with Crippen molar-refractivity contribution in [2.45, 2.75) is 52.4 Å². The zero-order valence-electron chi connectivity index (χ0n) is 23.5. The van der Waals surface area contributed by atoms with Gasteiger partial charge in [0.05, 0.1) is 30.4 Å². The van der Waals surface area contributed by atoms with Crippen molar-refractivity contribution in [3.63, 3.8) is 0 Å². The third-order valence-electron chi connectivity index (χ3n) is 8.30. The Morgan fingerprint density at radius 3 is 2.56 bits per heavy atom. The lowest BCUT2D eigenvalue weighted by molar-refractivity contribution is 0.254. The molecule has 5 heterocycles. The molecule has 2 aliphatic rings. The molecule has 2 aliphatic heterocycles. The Hall–Kier alpha value is -3.16. The zero-order chi connectivity index (χ0) is 26.8. The molecule has 0 saturated carbocycles. The monoisotopic (exact) mass is 528 g/mol. The maximum atomic E-state index is 6.27. The minimum atomic E-state index is 0.650. The number of hydrogen-bond donors (Lipinski definition) is 1. The molecule has 4 aromatic rings. The summed E-state index contributed by atoms with van der Waals surface area (Å²) in [7, 11) is 1.70. The first kappa shape index (κ1) is 26.1. The largest absolute Gasteiger partial charge is 0.493 e. The van der Waals surface area contributed by atoms with Crippen LogP contribution in [0.2, 0.25) is 0 Å². The van der Waals surface area contributed by atoms with Crippen LogP contribution in [0.3, 0.4) is 0 Å². The standard InChI is InChI=1S/C32H40N4O3/c1-21-17-26(22(2)39-21)31-25-8-7-24(18-23-9-11-33-12-10-23)34-32(25)27-19-29(37-3)30(20-28(27)35-31)38-16-6-15-36-13-4-5-14-36/h7-8,17,19-20,23,33H,4-6,9-16,18H2,1-3H3. The molecule has 6 rings (SSSR count). The van der Waals surface area contributed by atoms with Crippen LogP contribution in [0.25, 0.3) is 33.1 Å². The number of nitrogens with zero attached hydrogens (tertiary/aromatic N) is 3.